The summed E-state index contributed by atoms with van der Waals surface area (Å²) >= 11 is 6.72. The maximum Gasteiger partial charge on any atom is 0.418 e. The molecule has 9 heteroatoms. The lowest BCUT2D eigenvalue weighted by molar-refractivity contribution is -0.137. The van der Waals surface area contributed by atoms with Gasteiger partial charge in [0.05, 0.1) is 23.2 Å². The summed E-state index contributed by atoms with van der Waals surface area (Å²) in [6.07, 6.45) is -3.02. The third kappa shape index (κ3) is 4.25. The number of fused-ring (bicyclic) bond motifs is 1. The molecule has 0 aliphatic rings. The van der Waals surface area contributed by atoms with Crippen molar-refractivity contribution in [2.45, 2.75) is 11.2 Å². The maximum absolute atomic E-state index is 13.1. The fourth-order valence-corrected chi connectivity index (χ4v) is 3.25. The average Bonchev–Trinajstić information content (AvgIpc) is 2.60. The van der Waals surface area contributed by atoms with Crippen molar-refractivity contribution in [3.8, 4) is 0 Å². The Morgan fingerprint density at radius 1 is 1.19 bits per heavy atom. The van der Waals surface area contributed by atoms with E-state index in [1.54, 1.807) is 6.20 Å². The van der Waals surface area contributed by atoms with E-state index in [2.05, 4.69) is 15.5 Å². The molecule has 1 N–H and O–H groups in total. The van der Waals surface area contributed by atoms with Gasteiger partial charge < -0.3 is 5.32 Å². The van der Waals surface area contributed by atoms with Gasteiger partial charge in [-0.3, -0.25) is 4.79 Å². The highest BCUT2D eigenvalue weighted by Gasteiger charge is 2.34. The van der Waals surface area contributed by atoms with Crippen molar-refractivity contribution in [3.63, 3.8) is 0 Å². The quantitative estimate of drug-likeness (QED) is 0.627. The molecule has 0 aliphatic heterocycles. The number of halogens is 4. The molecule has 0 spiro atoms. The molecule has 3 rings (SSSR count). The number of anilines is 1. The number of nitrogens with zero attached hydrogens (tertiary/aromatic N) is 2. The molecule has 0 atom stereocenters. The van der Waals surface area contributed by atoms with Crippen LogP contribution in [0, 0.1) is 0 Å². The van der Waals surface area contributed by atoms with Crippen LogP contribution in [-0.2, 0) is 11.0 Å². The van der Waals surface area contributed by atoms with Crippen molar-refractivity contribution in [2.75, 3.05) is 11.1 Å². The first-order valence-corrected chi connectivity index (χ1v) is 8.71. The summed E-state index contributed by atoms with van der Waals surface area (Å²) in [5, 5.41) is 12.3. The van der Waals surface area contributed by atoms with Crippen molar-refractivity contribution >= 4 is 45.7 Å². The summed E-state index contributed by atoms with van der Waals surface area (Å²) in [6, 6.07) is 10.6. The second kappa shape index (κ2) is 7.51. The Morgan fingerprint density at radius 3 is 2.73 bits per heavy atom. The highest BCUT2D eigenvalue weighted by atomic mass is 35.5. The number of benzene rings is 2. The summed E-state index contributed by atoms with van der Waals surface area (Å²) < 4.78 is 39.2. The van der Waals surface area contributed by atoms with Gasteiger partial charge in [-0.25, -0.2) is 0 Å². The Morgan fingerprint density at radius 2 is 1.96 bits per heavy atom. The Bertz CT molecular complexity index is 960. The van der Waals surface area contributed by atoms with E-state index < -0.39 is 17.6 Å². The molecule has 0 unspecified atom stereocenters. The third-order valence-corrected chi connectivity index (χ3v) is 4.65. The SMILES string of the molecule is O=C(CSc1nncc2ccccc12)Nc1ccc(Cl)cc1C(F)(F)F. The van der Waals surface area contributed by atoms with Crippen LogP contribution in [0.5, 0.6) is 0 Å². The monoisotopic (exact) mass is 397 g/mol. The number of carbonyl (C=O) groups is 1. The standard InChI is InChI=1S/C17H11ClF3N3OS/c18-11-5-6-14(13(7-11)17(19,20)21)23-15(25)9-26-16-12-4-2-1-3-10(12)8-22-24-16/h1-8H,9H2,(H,23,25). The zero-order valence-corrected chi connectivity index (χ0v) is 14.6. The summed E-state index contributed by atoms with van der Waals surface area (Å²) in [5.74, 6) is -0.694. The lowest BCUT2D eigenvalue weighted by Crippen LogP contribution is -2.18. The summed E-state index contributed by atoms with van der Waals surface area (Å²) in [4.78, 5) is 12.1. The average molecular weight is 398 g/mol. The highest BCUT2D eigenvalue weighted by molar-refractivity contribution is 8.00. The van der Waals surface area contributed by atoms with Gasteiger partial charge >= 0.3 is 6.18 Å². The van der Waals surface area contributed by atoms with Gasteiger partial charge in [0.2, 0.25) is 5.91 Å². The van der Waals surface area contributed by atoms with Crippen molar-refractivity contribution in [2.24, 2.45) is 0 Å². The number of hydrogen-bond donors (Lipinski definition) is 1. The number of nitrogens with one attached hydrogen (secondary N) is 1. The second-order valence-corrected chi connectivity index (χ2v) is 6.66. The van der Waals surface area contributed by atoms with E-state index in [4.69, 9.17) is 11.6 Å². The summed E-state index contributed by atoms with van der Waals surface area (Å²) in [7, 11) is 0. The minimum Gasteiger partial charge on any atom is -0.325 e. The highest BCUT2D eigenvalue weighted by Crippen LogP contribution is 2.36. The Kier molecular flexibility index (Phi) is 5.33. The number of thioether (sulfide) groups is 1. The van der Waals surface area contributed by atoms with Crippen molar-refractivity contribution in [1.29, 1.82) is 0 Å². The maximum atomic E-state index is 13.1. The molecule has 1 heterocycles. The van der Waals surface area contributed by atoms with Crippen LogP contribution in [0.3, 0.4) is 0 Å². The van der Waals surface area contributed by atoms with Gasteiger partial charge in [-0.1, -0.05) is 47.6 Å². The number of alkyl halides is 3. The lowest BCUT2D eigenvalue weighted by Gasteiger charge is -2.14. The number of amides is 1. The van der Waals surface area contributed by atoms with Gasteiger partial charge in [-0.15, -0.1) is 5.10 Å². The number of hydrogen-bond acceptors (Lipinski definition) is 4. The Hall–Kier alpha value is -2.32. The molecule has 134 valence electrons. The zero-order chi connectivity index (χ0) is 18.7. The third-order valence-electron chi connectivity index (χ3n) is 3.44. The van der Waals surface area contributed by atoms with Crippen molar-refractivity contribution in [1.82, 2.24) is 10.2 Å². The molecule has 3 aromatic rings. The normalized spacial score (nSPS) is 11.5. The van der Waals surface area contributed by atoms with Gasteiger partial charge in [0, 0.05) is 15.8 Å². The number of carbonyl (C=O) groups excluding carboxylic acids is 1. The van der Waals surface area contributed by atoms with Crippen LogP contribution >= 0.6 is 23.4 Å². The van der Waals surface area contributed by atoms with Crippen molar-refractivity contribution < 1.29 is 18.0 Å². The van der Waals surface area contributed by atoms with E-state index >= 15 is 0 Å². The van der Waals surface area contributed by atoms with Crippen LogP contribution in [0.2, 0.25) is 5.02 Å². The van der Waals surface area contributed by atoms with Gasteiger partial charge in [-0.05, 0) is 18.2 Å². The molecule has 2 aromatic carbocycles. The van der Waals surface area contributed by atoms with Crippen LogP contribution < -0.4 is 5.32 Å². The molecule has 4 nitrogen and oxygen atoms in total. The Labute approximate surface area is 155 Å². The lowest BCUT2D eigenvalue weighted by atomic mass is 10.1. The second-order valence-electron chi connectivity index (χ2n) is 5.26. The molecular weight excluding hydrogens is 387 g/mol. The van der Waals surface area contributed by atoms with Crippen LogP contribution in [0.15, 0.2) is 53.7 Å². The number of rotatable bonds is 4. The molecule has 0 bridgehead atoms. The van der Waals surface area contributed by atoms with Crippen LogP contribution in [0.1, 0.15) is 5.56 Å². The van der Waals surface area contributed by atoms with Gasteiger partial charge in [0.25, 0.3) is 0 Å². The first kappa shape index (κ1) is 18.5. The molecule has 1 amide bonds. The minimum atomic E-state index is -4.62. The topological polar surface area (TPSA) is 54.9 Å². The fourth-order valence-electron chi connectivity index (χ4n) is 2.29. The predicted octanol–water partition coefficient (Wildman–Crippen LogP) is 5.03. The molecule has 0 aliphatic carbocycles. The fraction of sp³-hybridized carbons (Fsp3) is 0.118. The molecule has 0 saturated carbocycles. The zero-order valence-electron chi connectivity index (χ0n) is 13.0. The Balaban J connectivity index is 1.74. The number of aromatic nitrogens is 2. The van der Waals surface area contributed by atoms with Crippen LogP contribution in [0.4, 0.5) is 18.9 Å². The molecule has 0 fully saturated rings. The van der Waals surface area contributed by atoms with Crippen molar-refractivity contribution in [3.05, 3.63) is 59.2 Å². The first-order valence-electron chi connectivity index (χ1n) is 7.34. The van der Waals surface area contributed by atoms with Gasteiger partial charge in [-0.2, -0.15) is 18.3 Å². The molecule has 0 saturated heterocycles. The molecule has 0 radical (unpaired) electrons. The van der Waals surface area contributed by atoms with E-state index in [1.165, 1.54) is 6.07 Å². The summed E-state index contributed by atoms with van der Waals surface area (Å²) in [5.41, 5.74) is -1.33. The smallest absolute Gasteiger partial charge is 0.325 e. The van der Waals surface area contributed by atoms with Crippen LogP contribution in [-0.4, -0.2) is 21.9 Å². The van der Waals surface area contributed by atoms with Gasteiger partial charge in [0.15, 0.2) is 0 Å². The van der Waals surface area contributed by atoms with Crippen LogP contribution in [0.25, 0.3) is 10.8 Å². The van der Waals surface area contributed by atoms with E-state index in [-0.39, 0.29) is 16.5 Å². The summed E-state index contributed by atoms with van der Waals surface area (Å²) in [6.45, 7) is 0. The molecular formula is C17H11ClF3N3OS. The largest absolute Gasteiger partial charge is 0.418 e. The predicted molar refractivity (Wildman–Crippen MR) is 95.3 cm³/mol. The van der Waals surface area contributed by atoms with E-state index in [9.17, 15) is 18.0 Å². The van der Waals surface area contributed by atoms with Gasteiger partial charge in [0.1, 0.15) is 5.03 Å². The first-order chi connectivity index (χ1) is 12.3. The van der Waals surface area contributed by atoms with E-state index in [0.29, 0.717) is 5.03 Å². The minimum absolute atomic E-state index is 0.0595. The van der Waals surface area contributed by atoms with E-state index in [0.717, 1.165) is 34.7 Å². The molecule has 26 heavy (non-hydrogen) atoms. The van der Waals surface area contributed by atoms with E-state index in [1.807, 2.05) is 24.3 Å². The molecule has 1 aromatic heterocycles.